The topological polar surface area (TPSA) is 17.1 Å². The number of aryl methyl sites for hydroxylation is 1. The number of rotatable bonds is 0. The van der Waals surface area contributed by atoms with E-state index in [9.17, 15) is 4.79 Å². The van der Waals surface area contributed by atoms with Crippen molar-refractivity contribution in [2.75, 3.05) is 0 Å². The Labute approximate surface area is 72.4 Å². The molecule has 12 heavy (non-hydrogen) atoms. The monoisotopic (exact) mass is 159 g/mol. The van der Waals surface area contributed by atoms with E-state index < -0.39 is 0 Å². The zero-order chi connectivity index (χ0) is 8.39. The molecule has 0 aromatic heterocycles. The maximum absolute atomic E-state index is 11.4. The first kappa shape index (κ1) is 7.53. The lowest BCUT2D eigenvalue weighted by Gasteiger charge is -2.01. The van der Waals surface area contributed by atoms with E-state index in [-0.39, 0.29) is 5.78 Å². The minimum atomic E-state index is 0.197. The average molecular weight is 159 g/mol. The molecule has 1 aliphatic rings. The third kappa shape index (κ3) is 1.27. The quantitative estimate of drug-likeness (QED) is 0.531. The number of carbonyl (C=O) groups is 1. The van der Waals surface area contributed by atoms with Gasteiger partial charge >= 0.3 is 0 Å². The molecule has 1 aliphatic carbocycles. The second-order valence-electron chi connectivity index (χ2n) is 3.12. The van der Waals surface area contributed by atoms with Crippen LogP contribution < -0.4 is 0 Å². The summed E-state index contributed by atoms with van der Waals surface area (Å²) in [6.45, 7) is 0. The highest BCUT2D eigenvalue weighted by molar-refractivity contribution is 6.03. The highest BCUT2D eigenvalue weighted by Gasteiger charge is 2.13. The van der Waals surface area contributed by atoms with Crippen molar-refractivity contribution in [3.63, 3.8) is 0 Å². The number of benzene rings is 1. The molecule has 1 nitrogen and oxygen atoms in total. The van der Waals surface area contributed by atoms with Gasteiger partial charge in [-0.3, -0.25) is 4.79 Å². The van der Waals surface area contributed by atoms with Crippen molar-refractivity contribution < 1.29 is 4.79 Å². The molecular weight excluding hydrogens is 148 g/mol. The van der Waals surface area contributed by atoms with Gasteiger partial charge in [-0.25, -0.2) is 0 Å². The lowest BCUT2D eigenvalue weighted by molar-refractivity contribution is 0.102. The molecule has 0 fully saturated rings. The van der Waals surface area contributed by atoms with E-state index in [0.717, 1.165) is 24.8 Å². The zero-order valence-corrected chi connectivity index (χ0v) is 6.92. The first-order valence-electron chi connectivity index (χ1n) is 4.33. The minimum Gasteiger partial charge on any atom is -0.294 e. The van der Waals surface area contributed by atoms with Crippen molar-refractivity contribution in [3.8, 4) is 0 Å². The number of carbonyl (C=O) groups excluding carboxylic acids is 1. The van der Waals surface area contributed by atoms with E-state index in [1.807, 2.05) is 24.3 Å². The number of fused-ring (bicyclic) bond motifs is 1. The largest absolute Gasteiger partial charge is 0.294 e. The Balaban J connectivity index is 2.46. The van der Waals surface area contributed by atoms with Crippen LogP contribution in [0.2, 0.25) is 0 Å². The van der Waals surface area contributed by atoms with E-state index in [1.54, 1.807) is 6.42 Å². The standard InChI is InChI=1S/C11H11O/c12-11-8-4-2-6-9-5-1-3-7-10(9)11/h1,3,5,7-8H,2,4,6H2. The van der Waals surface area contributed by atoms with E-state index in [1.165, 1.54) is 5.56 Å². The molecule has 0 saturated carbocycles. The number of ketones is 1. The molecule has 0 aliphatic heterocycles. The van der Waals surface area contributed by atoms with Crippen LogP contribution in [0.25, 0.3) is 0 Å². The van der Waals surface area contributed by atoms with Gasteiger partial charge in [-0.2, -0.15) is 0 Å². The lowest BCUT2D eigenvalue weighted by Crippen LogP contribution is -1.99. The van der Waals surface area contributed by atoms with E-state index in [2.05, 4.69) is 0 Å². The zero-order valence-electron chi connectivity index (χ0n) is 6.92. The Morgan fingerprint density at radius 1 is 1.17 bits per heavy atom. The Hall–Kier alpha value is -1.11. The molecule has 1 heteroatoms. The van der Waals surface area contributed by atoms with Crippen molar-refractivity contribution in [2.45, 2.75) is 19.3 Å². The average Bonchev–Trinajstić information content (AvgIpc) is 2.29. The highest BCUT2D eigenvalue weighted by Crippen LogP contribution is 2.19. The van der Waals surface area contributed by atoms with Crippen LogP contribution in [0.5, 0.6) is 0 Å². The summed E-state index contributed by atoms with van der Waals surface area (Å²) in [6.07, 6.45) is 4.86. The molecule has 1 aromatic rings. The summed E-state index contributed by atoms with van der Waals surface area (Å²) in [5.41, 5.74) is 2.10. The van der Waals surface area contributed by atoms with Crippen LogP contribution >= 0.6 is 0 Å². The van der Waals surface area contributed by atoms with Gasteiger partial charge in [-0.15, -0.1) is 0 Å². The summed E-state index contributed by atoms with van der Waals surface area (Å²) < 4.78 is 0. The number of hydrogen-bond acceptors (Lipinski definition) is 1. The lowest BCUT2D eigenvalue weighted by atomic mass is 10.0. The van der Waals surface area contributed by atoms with Crippen LogP contribution in [0.4, 0.5) is 0 Å². The van der Waals surface area contributed by atoms with Crippen LogP contribution in [0, 0.1) is 6.42 Å². The smallest absolute Gasteiger partial charge is 0.166 e. The van der Waals surface area contributed by atoms with Gasteiger partial charge in [0.25, 0.3) is 0 Å². The van der Waals surface area contributed by atoms with Gasteiger partial charge in [0.05, 0.1) is 0 Å². The van der Waals surface area contributed by atoms with Gasteiger partial charge in [0, 0.05) is 12.0 Å². The third-order valence-corrected chi connectivity index (χ3v) is 2.26. The fraction of sp³-hybridized carbons (Fsp3) is 0.273. The Kier molecular flexibility index (Phi) is 1.94. The predicted octanol–water partition coefficient (Wildman–Crippen LogP) is 2.41. The van der Waals surface area contributed by atoms with Gasteiger partial charge in [0.1, 0.15) is 0 Å². The summed E-state index contributed by atoms with van der Waals surface area (Å²) in [4.78, 5) is 11.4. The fourth-order valence-corrected chi connectivity index (χ4v) is 1.61. The molecule has 0 heterocycles. The van der Waals surface area contributed by atoms with Gasteiger partial charge in [0.15, 0.2) is 5.78 Å². The van der Waals surface area contributed by atoms with Crippen molar-refractivity contribution in [1.82, 2.24) is 0 Å². The fourth-order valence-electron chi connectivity index (χ4n) is 1.61. The molecule has 1 radical (unpaired) electrons. The Morgan fingerprint density at radius 2 is 2.00 bits per heavy atom. The second-order valence-corrected chi connectivity index (χ2v) is 3.12. The number of Topliss-reactive ketones (excluding diaryl/α,β-unsaturated/α-hetero) is 1. The van der Waals surface area contributed by atoms with Crippen molar-refractivity contribution in [2.24, 2.45) is 0 Å². The first-order chi connectivity index (χ1) is 5.88. The Morgan fingerprint density at radius 3 is 2.92 bits per heavy atom. The van der Waals surface area contributed by atoms with Crippen molar-refractivity contribution in [3.05, 3.63) is 41.8 Å². The molecule has 0 bridgehead atoms. The highest BCUT2D eigenvalue weighted by atomic mass is 16.1. The molecule has 0 amide bonds. The third-order valence-electron chi connectivity index (χ3n) is 2.26. The van der Waals surface area contributed by atoms with E-state index in [0.29, 0.717) is 0 Å². The molecular formula is C11H11O. The maximum Gasteiger partial charge on any atom is 0.166 e. The summed E-state index contributed by atoms with van der Waals surface area (Å²) in [6, 6.07) is 7.89. The molecule has 0 saturated heterocycles. The van der Waals surface area contributed by atoms with E-state index in [4.69, 9.17) is 0 Å². The normalized spacial score (nSPS) is 16.8. The predicted molar refractivity (Wildman–Crippen MR) is 48.0 cm³/mol. The van der Waals surface area contributed by atoms with Crippen molar-refractivity contribution in [1.29, 1.82) is 0 Å². The minimum absolute atomic E-state index is 0.197. The van der Waals surface area contributed by atoms with Gasteiger partial charge in [-0.1, -0.05) is 24.3 Å². The number of hydrogen-bond donors (Lipinski definition) is 0. The van der Waals surface area contributed by atoms with Crippen molar-refractivity contribution >= 4 is 5.78 Å². The van der Waals surface area contributed by atoms with Gasteiger partial charge < -0.3 is 0 Å². The summed E-state index contributed by atoms with van der Waals surface area (Å²) in [5.74, 6) is 0.197. The molecule has 2 rings (SSSR count). The molecule has 0 unspecified atom stereocenters. The molecule has 61 valence electrons. The summed E-state index contributed by atoms with van der Waals surface area (Å²) in [7, 11) is 0. The van der Waals surface area contributed by atoms with Gasteiger partial charge in [-0.05, 0) is 24.8 Å². The van der Waals surface area contributed by atoms with E-state index >= 15 is 0 Å². The SMILES string of the molecule is O=C1[CH]CCCc2ccccc21. The van der Waals surface area contributed by atoms with Gasteiger partial charge in [0.2, 0.25) is 0 Å². The van der Waals surface area contributed by atoms with Crippen LogP contribution in [-0.4, -0.2) is 5.78 Å². The molecule has 0 atom stereocenters. The molecule has 0 N–H and O–H groups in total. The molecule has 1 aromatic carbocycles. The summed E-state index contributed by atoms with van der Waals surface area (Å²) in [5, 5.41) is 0. The first-order valence-corrected chi connectivity index (χ1v) is 4.33. The summed E-state index contributed by atoms with van der Waals surface area (Å²) >= 11 is 0. The van der Waals surface area contributed by atoms with Crippen LogP contribution in [0.1, 0.15) is 28.8 Å². The second kappa shape index (κ2) is 3.10. The molecule has 0 spiro atoms. The van der Waals surface area contributed by atoms with Crippen LogP contribution in [0.3, 0.4) is 0 Å². The maximum atomic E-state index is 11.4. The van der Waals surface area contributed by atoms with Crippen LogP contribution in [0.15, 0.2) is 24.3 Å². The van der Waals surface area contributed by atoms with Crippen LogP contribution in [-0.2, 0) is 6.42 Å². The Bertz CT molecular complexity index is 302.